The van der Waals surface area contributed by atoms with Crippen molar-refractivity contribution < 1.29 is 9.21 Å². The maximum atomic E-state index is 12.4. The van der Waals surface area contributed by atoms with Gasteiger partial charge in [-0.05, 0) is 43.7 Å². The van der Waals surface area contributed by atoms with Gasteiger partial charge < -0.3 is 9.73 Å². The molecule has 0 bridgehead atoms. The number of carbonyl (C=O) groups excluding carboxylic acids is 1. The van der Waals surface area contributed by atoms with E-state index in [0.717, 1.165) is 16.6 Å². The molecule has 0 radical (unpaired) electrons. The topological polar surface area (TPSA) is 73.0 Å². The smallest absolute Gasteiger partial charge is 0.287 e. The van der Waals surface area contributed by atoms with Gasteiger partial charge in [0.05, 0.1) is 12.3 Å². The second-order valence-corrected chi connectivity index (χ2v) is 7.90. The summed E-state index contributed by atoms with van der Waals surface area (Å²) in [5, 5.41) is 12.5. The van der Waals surface area contributed by atoms with E-state index in [-0.39, 0.29) is 17.7 Å². The molecule has 0 aliphatic rings. The lowest BCUT2D eigenvalue weighted by Gasteiger charge is -2.16. The van der Waals surface area contributed by atoms with Gasteiger partial charge in [-0.25, -0.2) is 0 Å². The van der Waals surface area contributed by atoms with E-state index in [2.05, 4.69) is 39.8 Å². The Hall–Kier alpha value is -3.32. The van der Waals surface area contributed by atoms with Crippen LogP contribution >= 0.6 is 11.8 Å². The third kappa shape index (κ3) is 4.46. The van der Waals surface area contributed by atoms with Crippen LogP contribution in [0, 0.1) is 6.92 Å². The molecule has 30 heavy (non-hydrogen) atoms. The highest BCUT2D eigenvalue weighted by Gasteiger charge is 2.22. The number of nitrogens with one attached hydrogen (secondary N) is 1. The van der Waals surface area contributed by atoms with Crippen LogP contribution in [-0.2, 0) is 5.75 Å². The van der Waals surface area contributed by atoms with E-state index in [1.807, 2.05) is 48.7 Å². The summed E-state index contributed by atoms with van der Waals surface area (Å²) in [7, 11) is 0. The van der Waals surface area contributed by atoms with Crippen LogP contribution in [0.4, 0.5) is 0 Å². The van der Waals surface area contributed by atoms with Crippen LogP contribution in [0.2, 0.25) is 0 Å². The van der Waals surface area contributed by atoms with Crippen LogP contribution < -0.4 is 5.32 Å². The molecule has 0 fully saturated rings. The lowest BCUT2D eigenvalue weighted by Crippen LogP contribution is -2.28. The maximum absolute atomic E-state index is 12.4. The Kier molecular flexibility index (Phi) is 5.99. The van der Waals surface area contributed by atoms with Gasteiger partial charge in [-0.1, -0.05) is 59.8 Å². The predicted molar refractivity (Wildman–Crippen MR) is 117 cm³/mol. The van der Waals surface area contributed by atoms with Crippen molar-refractivity contribution in [3.8, 4) is 5.69 Å². The van der Waals surface area contributed by atoms with Crippen molar-refractivity contribution in [1.29, 1.82) is 0 Å². The van der Waals surface area contributed by atoms with Gasteiger partial charge in [0.15, 0.2) is 16.7 Å². The average molecular weight is 419 g/mol. The Morgan fingerprint density at radius 3 is 2.53 bits per heavy atom. The second kappa shape index (κ2) is 9.00. The summed E-state index contributed by atoms with van der Waals surface area (Å²) in [6.07, 6.45) is 1.48. The molecule has 1 amide bonds. The first-order valence-electron chi connectivity index (χ1n) is 9.65. The van der Waals surface area contributed by atoms with Gasteiger partial charge in [0.1, 0.15) is 0 Å². The Morgan fingerprint density at radius 1 is 1.07 bits per heavy atom. The van der Waals surface area contributed by atoms with E-state index in [9.17, 15) is 4.79 Å². The van der Waals surface area contributed by atoms with Crippen molar-refractivity contribution in [2.75, 3.05) is 0 Å². The van der Waals surface area contributed by atoms with E-state index >= 15 is 0 Å². The lowest BCUT2D eigenvalue weighted by atomic mass is 10.2. The molecule has 0 unspecified atom stereocenters. The molecule has 2 aromatic heterocycles. The molecular formula is C23H22N4O2S. The number of rotatable bonds is 7. The van der Waals surface area contributed by atoms with Crippen LogP contribution in [0.25, 0.3) is 5.69 Å². The van der Waals surface area contributed by atoms with Crippen LogP contribution in [0.3, 0.4) is 0 Å². The molecule has 0 spiro atoms. The Morgan fingerprint density at radius 2 is 1.83 bits per heavy atom. The predicted octanol–water partition coefficient (Wildman–Crippen LogP) is 4.95. The van der Waals surface area contributed by atoms with Gasteiger partial charge in [-0.2, -0.15) is 0 Å². The minimum atomic E-state index is -0.359. The third-order valence-corrected chi connectivity index (χ3v) is 5.64. The van der Waals surface area contributed by atoms with Crippen molar-refractivity contribution in [3.05, 3.63) is 95.7 Å². The van der Waals surface area contributed by atoms with E-state index in [1.165, 1.54) is 17.4 Å². The van der Waals surface area contributed by atoms with Gasteiger partial charge in [-0.15, -0.1) is 10.2 Å². The van der Waals surface area contributed by atoms with Crippen molar-refractivity contribution in [1.82, 2.24) is 20.1 Å². The summed E-state index contributed by atoms with van der Waals surface area (Å²) in [5.41, 5.74) is 3.34. The quantitative estimate of drug-likeness (QED) is 0.430. The summed E-state index contributed by atoms with van der Waals surface area (Å²) in [5.74, 6) is 1.42. The molecule has 0 saturated carbocycles. The average Bonchev–Trinajstić information content (AvgIpc) is 3.44. The van der Waals surface area contributed by atoms with E-state index in [0.29, 0.717) is 5.82 Å². The Labute approximate surface area is 179 Å². The number of benzene rings is 2. The molecule has 1 N–H and O–H groups in total. The molecule has 2 heterocycles. The number of aromatic nitrogens is 3. The summed E-state index contributed by atoms with van der Waals surface area (Å²) in [6.45, 7) is 3.94. The number of hydrogen-bond acceptors (Lipinski definition) is 5. The first-order valence-corrected chi connectivity index (χ1v) is 10.6. The van der Waals surface area contributed by atoms with E-state index < -0.39 is 0 Å². The Balaban J connectivity index is 1.63. The molecule has 0 aliphatic carbocycles. The number of thioether (sulfide) groups is 1. The number of aryl methyl sites for hydroxylation is 1. The SMILES string of the molecule is Cc1ccc(-n2c(SCc3ccccc3)nnc2[C@H](C)NC(=O)c2ccco2)cc1. The first-order chi connectivity index (χ1) is 14.6. The lowest BCUT2D eigenvalue weighted by molar-refractivity contribution is 0.0910. The zero-order valence-electron chi connectivity index (χ0n) is 16.8. The number of furan rings is 1. The van der Waals surface area contributed by atoms with Crippen molar-refractivity contribution in [2.24, 2.45) is 0 Å². The Bertz CT molecular complexity index is 1110. The summed E-state index contributed by atoms with van der Waals surface area (Å²) in [6, 6.07) is 21.4. The summed E-state index contributed by atoms with van der Waals surface area (Å²) < 4.78 is 7.19. The fraction of sp³-hybridized carbons (Fsp3) is 0.174. The van der Waals surface area contributed by atoms with Gasteiger partial charge in [0.25, 0.3) is 5.91 Å². The van der Waals surface area contributed by atoms with Gasteiger partial charge in [-0.3, -0.25) is 9.36 Å². The second-order valence-electron chi connectivity index (χ2n) is 6.96. The van der Waals surface area contributed by atoms with E-state index in [1.54, 1.807) is 23.9 Å². The van der Waals surface area contributed by atoms with Crippen LogP contribution in [0.15, 0.2) is 82.6 Å². The molecule has 7 heteroatoms. The maximum Gasteiger partial charge on any atom is 0.287 e. The summed E-state index contributed by atoms with van der Waals surface area (Å²) >= 11 is 1.61. The summed E-state index contributed by atoms with van der Waals surface area (Å²) in [4.78, 5) is 12.4. The molecule has 4 aromatic rings. The molecular weight excluding hydrogens is 396 g/mol. The molecule has 4 rings (SSSR count). The standard InChI is InChI=1S/C23H22N4O2S/c1-16-10-12-19(13-11-16)27-21(17(2)24-22(28)20-9-6-14-29-20)25-26-23(27)30-15-18-7-4-3-5-8-18/h3-14,17H,15H2,1-2H3,(H,24,28)/t17-/m0/s1. The first kappa shape index (κ1) is 20.0. The molecule has 2 aromatic carbocycles. The fourth-order valence-electron chi connectivity index (χ4n) is 3.05. The number of carbonyl (C=O) groups is 1. The molecule has 1 atom stereocenters. The third-order valence-electron chi connectivity index (χ3n) is 4.64. The highest BCUT2D eigenvalue weighted by atomic mass is 32.2. The van der Waals surface area contributed by atoms with Crippen LogP contribution in [0.1, 0.15) is 40.5 Å². The van der Waals surface area contributed by atoms with Crippen molar-refractivity contribution in [2.45, 2.75) is 30.8 Å². The zero-order chi connectivity index (χ0) is 20.9. The molecule has 0 saturated heterocycles. The van der Waals surface area contributed by atoms with Gasteiger partial charge in [0, 0.05) is 11.4 Å². The number of hydrogen-bond donors (Lipinski definition) is 1. The number of amides is 1. The van der Waals surface area contributed by atoms with E-state index in [4.69, 9.17) is 4.42 Å². The fourth-order valence-corrected chi connectivity index (χ4v) is 3.97. The van der Waals surface area contributed by atoms with Gasteiger partial charge in [0.2, 0.25) is 0 Å². The largest absolute Gasteiger partial charge is 0.459 e. The normalized spacial score (nSPS) is 11.9. The van der Waals surface area contributed by atoms with Crippen LogP contribution in [0.5, 0.6) is 0 Å². The molecule has 6 nitrogen and oxygen atoms in total. The zero-order valence-corrected chi connectivity index (χ0v) is 17.6. The van der Waals surface area contributed by atoms with Gasteiger partial charge >= 0.3 is 0 Å². The van der Waals surface area contributed by atoms with Crippen molar-refractivity contribution >= 4 is 17.7 Å². The molecule has 0 aliphatic heterocycles. The highest BCUT2D eigenvalue weighted by Crippen LogP contribution is 2.28. The highest BCUT2D eigenvalue weighted by molar-refractivity contribution is 7.98. The number of nitrogens with zero attached hydrogens (tertiary/aromatic N) is 3. The molecule has 152 valence electrons. The van der Waals surface area contributed by atoms with Crippen molar-refractivity contribution in [3.63, 3.8) is 0 Å². The monoisotopic (exact) mass is 418 g/mol. The minimum Gasteiger partial charge on any atom is -0.459 e. The van der Waals surface area contributed by atoms with Crippen LogP contribution in [-0.4, -0.2) is 20.7 Å². The minimum absolute atomic E-state index is 0.266.